The monoisotopic (exact) mass is 425 g/mol. The van der Waals surface area contributed by atoms with Crippen molar-refractivity contribution in [1.82, 2.24) is 4.90 Å². The average molecular weight is 425 g/mol. The molecule has 2 rings (SSSR count). The molecule has 0 aliphatic rings. The summed E-state index contributed by atoms with van der Waals surface area (Å²) in [6.45, 7) is 0.820. The number of ether oxygens (including phenoxy) is 1. The van der Waals surface area contributed by atoms with Gasteiger partial charge in [0.15, 0.2) is 6.61 Å². The maximum absolute atomic E-state index is 12.3. The summed E-state index contributed by atoms with van der Waals surface area (Å²) in [6.07, 6.45) is 0.760. The fraction of sp³-hybridized carbons (Fsp3) is 0.278. The zero-order valence-electron chi connectivity index (χ0n) is 12.8. The zero-order valence-corrected chi connectivity index (χ0v) is 15.0. The standard InChI is InChI=1S/C18H20INO3/c19-16-6-8-17(9-7-16)23-14-18(22)20(12-13-21)11-10-15-4-2-1-3-5-15/h1-9,21H,10-14H2. The van der Waals surface area contributed by atoms with E-state index in [-0.39, 0.29) is 19.1 Å². The molecule has 0 saturated heterocycles. The van der Waals surface area contributed by atoms with E-state index in [0.717, 1.165) is 9.99 Å². The van der Waals surface area contributed by atoms with Gasteiger partial charge in [0.25, 0.3) is 5.91 Å². The van der Waals surface area contributed by atoms with Gasteiger partial charge in [-0.2, -0.15) is 0 Å². The Morgan fingerprint density at radius 3 is 2.39 bits per heavy atom. The number of carbonyl (C=O) groups excluding carboxylic acids is 1. The maximum atomic E-state index is 12.3. The highest BCUT2D eigenvalue weighted by molar-refractivity contribution is 14.1. The van der Waals surface area contributed by atoms with Crippen molar-refractivity contribution in [2.24, 2.45) is 0 Å². The van der Waals surface area contributed by atoms with E-state index >= 15 is 0 Å². The Morgan fingerprint density at radius 2 is 1.74 bits per heavy atom. The van der Waals surface area contributed by atoms with Crippen LogP contribution in [0.5, 0.6) is 5.75 Å². The van der Waals surface area contributed by atoms with Gasteiger partial charge in [0.2, 0.25) is 0 Å². The second kappa shape index (κ2) is 9.52. The van der Waals surface area contributed by atoms with Gasteiger partial charge < -0.3 is 14.7 Å². The molecule has 0 aromatic heterocycles. The van der Waals surface area contributed by atoms with Crippen LogP contribution in [0.1, 0.15) is 5.56 Å². The Morgan fingerprint density at radius 1 is 1.04 bits per heavy atom. The van der Waals surface area contributed by atoms with E-state index in [0.29, 0.717) is 18.8 Å². The molecule has 0 spiro atoms. The summed E-state index contributed by atoms with van der Waals surface area (Å²) < 4.78 is 6.64. The number of carbonyl (C=O) groups is 1. The molecule has 0 radical (unpaired) electrons. The molecule has 4 nitrogen and oxygen atoms in total. The van der Waals surface area contributed by atoms with Crippen LogP contribution in [0.2, 0.25) is 0 Å². The molecule has 0 aliphatic heterocycles. The van der Waals surface area contributed by atoms with E-state index in [4.69, 9.17) is 9.84 Å². The third-order valence-electron chi connectivity index (χ3n) is 3.41. The number of aliphatic hydroxyl groups is 1. The zero-order chi connectivity index (χ0) is 16.5. The average Bonchev–Trinajstić information content (AvgIpc) is 2.58. The van der Waals surface area contributed by atoms with Crippen LogP contribution in [0, 0.1) is 3.57 Å². The van der Waals surface area contributed by atoms with E-state index in [1.165, 1.54) is 5.56 Å². The van der Waals surface area contributed by atoms with E-state index in [9.17, 15) is 4.79 Å². The Balaban J connectivity index is 1.86. The second-order valence-corrected chi connectivity index (χ2v) is 6.33. The molecular formula is C18H20INO3. The first-order valence-electron chi connectivity index (χ1n) is 7.50. The minimum Gasteiger partial charge on any atom is -0.484 e. The molecular weight excluding hydrogens is 405 g/mol. The third kappa shape index (κ3) is 6.19. The van der Waals surface area contributed by atoms with Crippen LogP contribution in [0.3, 0.4) is 0 Å². The summed E-state index contributed by atoms with van der Waals surface area (Å²) >= 11 is 2.22. The molecule has 2 aromatic carbocycles. The fourth-order valence-corrected chi connectivity index (χ4v) is 2.52. The van der Waals surface area contributed by atoms with Crippen LogP contribution in [0.4, 0.5) is 0 Å². The largest absolute Gasteiger partial charge is 0.484 e. The molecule has 5 heteroatoms. The van der Waals surface area contributed by atoms with Gasteiger partial charge in [0, 0.05) is 16.7 Å². The van der Waals surface area contributed by atoms with Crippen LogP contribution in [0.25, 0.3) is 0 Å². The summed E-state index contributed by atoms with van der Waals surface area (Å²) in [4.78, 5) is 13.9. The molecule has 0 heterocycles. The molecule has 1 N–H and O–H groups in total. The number of hydrogen-bond donors (Lipinski definition) is 1. The number of halogens is 1. The number of nitrogens with zero attached hydrogens (tertiary/aromatic N) is 1. The lowest BCUT2D eigenvalue weighted by Crippen LogP contribution is -2.38. The quantitative estimate of drug-likeness (QED) is 0.662. The van der Waals surface area contributed by atoms with Gasteiger partial charge in [-0.15, -0.1) is 0 Å². The highest BCUT2D eigenvalue weighted by Crippen LogP contribution is 2.13. The van der Waals surface area contributed by atoms with Crippen molar-refractivity contribution < 1.29 is 14.6 Å². The van der Waals surface area contributed by atoms with Crippen LogP contribution >= 0.6 is 22.6 Å². The first-order valence-corrected chi connectivity index (χ1v) is 8.58. The number of benzene rings is 2. The normalized spacial score (nSPS) is 10.3. The molecule has 2 aromatic rings. The molecule has 23 heavy (non-hydrogen) atoms. The van der Waals surface area contributed by atoms with E-state index in [1.807, 2.05) is 54.6 Å². The summed E-state index contributed by atoms with van der Waals surface area (Å²) in [5.74, 6) is 0.555. The van der Waals surface area contributed by atoms with Gasteiger partial charge in [-0.3, -0.25) is 4.79 Å². The summed E-state index contributed by atoms with van der Waals surface area (Å²) in [6, 6.07) is 17.5. The van der Waals surface area contributed by atoms with E-state index < -0.39 is 0 Å². The second-order valence-electron chi connectivity index (χ2n) is 5.08. The van der Waals surface area contributed by atoms with Crippen molar-refractivity contribution in [2.45, 2.75) is 6.42 Å². The highest BCUT2D eigenvalue weighted by atomic mass is 127. The smallest absolute Gasteiger partial charge is 0.260 e. The van der Waals surface area contributed by atoms with Crippen LogP contribution in [-0.2, 0) is 11.2 Å². The predicted octanol–water partition coefficient (Wildman–Crippen LogP) is 2.73. The molecule has 0 bridgehead atoms. The Bertz CT molecular complexity index is 601. The van der Waals surface area contributed by atoms with Gasteiger partial charge in [0.1, 0.15) is 5.75 Å². The van der Waals surface area contributed by atoms with Gasteiger partial charge in [-0.1, -0.05) is 30.3 Å². The van der Waals surface area contributed by atoms with Crippen molar-refractivity contribution in [3.8, 4) is 5.75 Å². The predicted molar refractivity (Wildman–Crippen MR) is 98.5 cm³/mol. The number of aliphatic hydroxyl groups excluding tert-OH is 1. The van der Waals surface area contributed by atoms with Crippen LogP contribution in [-0.4, -0.2) is 42.2 Å². The van der Waals surface area contributed by atoms with E-state index in [1.54, 1.807) is 4.90 Å². The minimum absolute atomic E-state index is 0.0185. The van der Waals surface area contributed by atoms with Crippen molar-refractivity contribution in [3.05, 3.63) is 63.7 Å². The molecule has 1 amide bonds. The molecule has 0 fully saturated rings. The Hall–Kier alpha value is -1.60. The van der Waals surface area contributed by atoms with Gasteiger partial charge in [0.05, 0.1) is 6.61 Å². The van der Waals surface area contributed by atoms with Crippen molar-refractivity contribution in [3.63, 3.8) is 0 Å². The topological polar surface area (TPSA) is 49.8 Å². The number of rotatable bonds is 8. The van der Waals surface area contributed by atoms with Crippen molar-refractivity contribution in [1.29, 1.82) is 0 Å². The van der Waals surface area contributed by atoms with Gasteiger partial charge in [-0.05, 0) is 58.8 Å². The number of amides is 1. The van der Waals surface area contributed by atoms with Gasteiger partial charge >= 0.3 is 0 Å². The molecule has 0 unspecified atom stereocenters. The highest BCUT2D eigenvalue weighted by Gasteiger charge is 2.13. The molecule has 0 saturated carbocycles. The molecule has 122 valence electrons. The lowest BCUT2D eigenvalue weighted by atomic mass is 10.1. The Kier molecular flexibility index (Phi) is 7.35. The van der Waals surface area contributed by atoms with Crippen molar-refractivity contribution in [2.75, 3.05) is 26.3 Å². The lowest BCUT2D eigenvalue weighted by Gasteiger charge is -2.22. The molecule has 0 atom stereocenters. The molecule has 0 aliphatic carbocycles. The lowest BCUT2D eigenvalue weighted by molar-refractivity contribution is -0.133. The number of hydrogen-bond acceptors (Lipinski definition) is 3. The van der Waals surface area contributed by atoms with E-state index in [2.05, 4.69) is 22.6 Å². The van der Waals surface area contributed by atoms with Crippen LogP contribution in [0.15, 0.2) is 54.6 Å². The first-order chi connectivity index (χ1) is 11.2. The maximum Gasteiger partial charge on any atom is 0.260 e. The van der Waals surface area contributed by atoms with Crippen LogP contribution < -0.4 is 4.74 Å². The summed E-state index contributed by atoms with van der Waals surface area (Å²) in [5.41, 5.74) is 1.17. The first kappa shape index (κ1) is 17.7. The SMILES string of the molecule is O=C(COc1ccc(I)cc1)N(CCO)CCc1ccccc1. The minimum atomic E-state index is -0.117. The third-order valence-corrected chi connectivity index (χ3v) is 4.13. The summed E-state index contributed by atoms with van der Waals surface area (Å²) in [7, 11) is 0. The van der Waals surface area contributed by atoms with Gasteiger partial charge in [-0.25, -0.2) is 0 Å². The summed E-state index contributed by atoms with van der Waals surface area (Å²) in [5, 5.41) is 9.16. The Labute approximate surface area is 150 Å². The van der Waals surface area contributed by atoms with Crippen molar-refractivity contribution >= 4 is 28.5 Å². The fourth-order valence-electron chi connectivity index (χ4n) is 2.16.